The predicted octanol–water partition coefficient (Wildman–Crippen LogP) is 6.53. The Morgan fingerprint density at radius 2 is 1.75 bits per heavy atom. The van der Waals surface area contributed by atoms with Gasteiger partial charge in [0.1, 0.15) is 16.4 Å². The molecule has 2 rings (SSSR count). The van der Waals surface area contributed by atoms with Crippen molar-refractivity contribution in [3.8, 4) is 23.0 Å². The van der Waals surface area contributed by atoms with Gasteiger partial charge < -0.3 is 30.6 Å². The van der Waals surface area contributed by atoms with Gasteiger partial charge in [0.05, 0.1) is 5.69 Å². The van der Waals surface area contributed by atoms with Crippen LogP contribution in [0.2, 0.25) is 5.02 Å². The molecule has 0 aliphatic rings. The third-order valence-corrected chi connectivity index (χ3v) is 5.28. The molecule has 0 aromatic heterocycles. The Kier molecular flexibility index (Phi) is 11.6. The van der Waals surface area contributed by atoms with Crippen molar-refractivity contribution in [2.45, 2.75) is 41.0 Å². The van der Waals surface area contributed by atoms with E-state index in [9.17, 15) is 25.2 Å². The van der Waals surface area contributed by atoms with E-state index in [1.165, 1.54) is 6.92 Å². The lowest BCUT2D eigenvalue weighted by molar-refractivity contribution is 0.0973. The molecule has 0 saturated heterocycles. The third-order valence-electron chi connectivity index (χ3n) is 4.91. The maximum absolute atomic E-state index is 12.7. The number of phenolic OH excluding ortho intramolecular Hbond substituents is 4. The van der Waals surface area contributed by atoms with Gasteiger partial charge in [-0.3, -0.25) is 4.79 Å². The molecule has 0 spiro atoms. The molecule has 0 bridgehead atoms. The number of nitrogens with one attached hydrogen (secondary N) is 1. The fourth-order valence-electron chi connectivity index (χ4n) is 3.20. The molecule has 2 aromatic rings. The summed E-state index contributed by atoms with van der Waals surface area (Å²) in [4.78, 5) is 19.1. The van der Waals surface area contributed by atoms with Crippen molar-refractivity contribution < 1.29 is 25.2 Å². The van der Waals surface area contributed by atoms with Crippen LogP contribution in [0.25, 0.3) is 11.8 Å². The number of halogens is 1. The topological polar surface area (TPSA) is 126 Å². The second kappa shape index (κ2) is 13.8. The minimum Gasteiger partial charge on any atom is -0.504 e. The van der Waals surface area contributed by atoms with E-state index in [2.05, 4.69) is 23.8 Å². The molecule has 8 nitrogen and oxygen atoms in total. The lowest BCUT2D eigenvalue weighted by Gasteiger charge is -2.19. The number of aliphatic imine (C=N–C) groups is 1. The van der Waals surface area contributed by atoms with E-state index in [1.807, 2.05) is 69.3 Å². The first kappa shape index (κ1) is 30.1. The van der Waals surface area contributed by atoms with E-state index >= 15 is 0 Å². The van der Waals surface area contributed by atoms with Crippen molar-refractivity contribution in [1.82, 2.24) is 10.2 Å². The molecule has 5 N–H and O–H groups in total. The molecular formula is C27H34ClN3O5. The molecule has 0 unspecified atom stereocenters. The largest absolute Gasteiger partial charge is 0.504 e. The van der Waals surface area contributed by atoms with Crippen LogP contribution in [0.3, 0.4) is 0 Å². The summed E-state index contributed by atoms with van der Waals surface area (Å²) >= 11 is 5.89. The Labute approximate surface area is 217 Å². The number of aromatic hydroxyl groups is 4. The van der Waals surface area contributed by atoms with Gasteiger partial charge in [-0.05, 0) is 43.7 Å². The van der Waals surface area contributed by atoms with Gasteiger partial charge in [-0.2, -0.15) is 0 Å². The summed E-state index contributed by atoms with van der Waals surface area (Å²) in [6.07, 6.45) is 8.52. The van der Waals surface area contributed by atoms with Crippen LogP contribution in [0.5, 0.6) is 23.0 Å². The van der Waals surface area contributed by atoms with Crippen LogP contribution in [0.15, 0.2) is 48.1 Å². The SMILES string of the molecule is C=Cc1ccc(/C(=C/C)N(C)/C=C/CC)cc1N=C(C)NC(=O)c1c(O)c(O)c(O)c(O)c1Cl.CC. The van der Waals surface area contributed by atoms with Gasteiger partial charge >= 0.3 is 0 Å². The number of phenols is 4. The highest BCUT2D eigenvalue weighted by Gasteiger charge is 2.27. The first-order chi connectivity index (χ1) is 17.1. The van der Waals surface area contributed by atoms with Gasteiger partial charge in [0.25, 0.3) is 5.91 Å². The van der Waals surface area contributed by atoms with Crippen molar-refractivity contribution in [3.05, 3.63) is 64.8 Å². The van der Waals surface area contributed by atoms with E-state index in [1.54, 1.807) is 6.08 Å². The minimum absolute atomic E-state index is 0.147. The zero-order valence-electron chi connectivity index (χ0n) is 21.4. The molecule has 1 amide bonds. The first-order valence-corrected chi connectivity index (χ1v) is 11.8. The summed E-state index contributed by atoms with van der Waals surface area (Å²) in [5.74, 6) is -4.80. The number of hydrogen-bond donors (Lipinski definition) is 5. The van der Waals surface area contributed by atoms with Gasteiger partial charge in [-0.1, -0.05) is 69.3 Å². The monoisotopic (exact) mass is 515 g/mol. The number of benzene rings is 2. The molecule has 0 aliphatic heterocycles. The zero-order chi connectivity index (χ0) is 27.6. The summed E-state index contributed by atoms with van der Waals surface area (Å²) in [7, 11) is 1.94. The van der Waals surface area contributed by atoms with Gasteiger partial charge in [0.15, 0.2) is 11.5 Å². The van der Waals surface area contributed by atoms with E-state index in [0.29, 0.717) is 5.69 Å². The molecule has 36 heavy (non-hydrogen) atoms. The number of carbonyl (C=O) groups excluding carboxylic acids is 1. The standard InChI is InChI=1S/C25H28ClN3O5.C2H6/c1-6-9-12-29(5)18(8-3)16-11-10-15(7-2)17(13-16)27-14(4)28-25(34)19-20(26)22(31)24(33)23(32)21(19)30;1-2/h7-13,30-33H,2,6H2,1,3-5H3,(H,27,28,34);1-2H3/b12-9+,18-8-;. The molecular weight excluding hydrogens is 482 g/mol. The maximum atomic E-state index is 12.7. The van der Waals surface area contributed by atoms with E-state index < -0.39 is 39.5 Å². The normalized spacial score (nSPS) is 11.6. The fraction of sp³-hybridized carbons (Fsp3) is 0.259. The molecule has 0 fully saturated rings. The van der Waals surface area contributed by atoms with E-state index in [4.69, 9.17) is 11.6 Å². The number of hydrogen-bond acceptors (Lipinski definition) is 7. The molecule has 0 heterocycles. The third kappa shape index (κ3) is 6.82. The second-order valence-electron chi connectivity index (χ2n) is 7.29. The number of rotatable bonds is 7. The van der Waals surface area contributed by atoms with Crippen LogP contribution < -0.4 is 5.32 Å². The van der Waals surface area contributed by atoms with Gasteiger partial charge in [0.2, 0.25) is 11.5 Å². The average molecular weight is 516 g/mol. The zero-order valence-corrected chi connectivity index (χ0v) is 22.2. The second-order valence-corrected chi connectivity index (χ2v) is 7.67. The molecule has 2 aromatic carbocycles. The highest BCUT2D eigenvalue weighted by Crippen LogP contribution is 2.49. The van der Waals surface area contributed by atoms with E-state index in [-0.39, 0.29) is 5.84 Å². The Hall–Kier alpha value is -3.91. The van der Waals surface area contributed by atoms with Crippen LogP contribution in [0.4, 0.5) is 5.69 Å². The Balaban J connectivity index is 0.00000316. The Morgan fingerprint density at radius 3 is 2.31 bits per heavy atom. The molecule has 0 radical (unpaired) electrons. The lowest BCUT2D eigenvalue weighted by Crippen LogP contribution is -2.28. The highest BCUT2D eigenvalue weighted by molar-refractivity contribution is 6.36. The fourth-order valence-corrected chi connectivity index (χ4v) is 3.47. The first-order valence-electron chi connectivity index (χ1n) is 11.4. The number of nitrogens with zero attached hydrogens (tertiary/aromatic N) is 2. The number of amides is 1. The summed E-state index contributed by atoms with van der Waals surface area (Å²) in [6.45, 7) is 13.3. The van der Waals surface area contributed by atoms with Crippen LogP contribution in [0, 0.1) is 0 Å². The van der Waals surface area contributed by atoms with Crippen LogP contribution in [-0.4, -0.2) is 44.1 Å². The number of allylic oxidation sites excluding steroid dienone is 2. The quantitative estimate of drug-likeness (QED) is 0.123. The summed E-state index contributed by atoms with van der Waals surface area (Å²) in [5.41, 5.74) is 2.49. The van der Waals surface area contributed by atoms with Gasteiger partial charge in [-0.25, -0.2) is 4.99 Å². The number of carbonyl (C=O) groups is 1. The Bertz CT molecular complexity index is 1170. The smallest absolute Gasteiger partial charge is 0.262 e. The minimum atomic E-state index is -1.07. The van der Waals surface area contributed by atoms with Crippen molar-refractivity contribution in [2.24, 2.45) is 4.99 Å². The highest BCUT2D eigenvalue weighted by atomic mass is 35.5. The van der Waals surface area contributed by atoms with Crippen molar-refractivity contribution in [3.63, 3.8) is 0 Å². The lowest BCUT2D eigenvalue weighted by atomic mass is 10.1. The summed E-state index contributed by atoms with van der Waals surface area (Å²) in [6, 6.07) is 5.65. The molecule has 0 atom stereocenters. The molecule has 9 heteroatoms. The Morgan fingerprint density at radius 1 is 1.14 bits per heavy atom. The number of amidine groups is 1. The molecule has 194 valence electrons. The van der Waals surface area contributed by atoms with E-state index in [0.717, 1.165) is 23.2 Å². The molecule has 0 aliphatic carbocycles. The molecule has 0 saturated carbocycles. The van der Waals surface area contributed by atoms with Crippen LogP contribution >= 0.6 is 11.6 Å². The summed E-state index contributed by atoms with van der Waals surface area (Å²) < 4.78 is 0. The van der Waals surface area contributed by atoms with Crippen LogP contribution in [0.1, 0.15) is 62.5 Å². The van der Waals surface area contributed by atoms with Crippen molar-refractivity contribution in [1.29, 1.82) is 0 Å². The average Bonchev–Trinajstić information content (AvgIpc) is 2.86. The maximum Gasteiger partial charge on any atom is 0.262 e. The van der Waals surface area contributed by atoms with Crippen molar-refractivity contribution in [2.75, 3.05) is 7.05 Å². The predicted molar refractivity (Wildman–Crippen MR) is 147 cm³/mol. The van der Waals surface area contributed by atoms with Gasteiger partial charge in [0, 0.05) is 12.7 Å². The van der Waals surface area contributed by atoms with Crippen molar-refractivity contribution >= 4 is 40.8 Å². The van der Waals surface area contributed by atoms with Crippen LogP contribution in [-0.2, 0) is 0 Å². The summed E-state index contributed by atoms with van der Waals surface area (Å²) in [5, 5.41) is 41.0. The van der Waals surface area contributed by atoms with Gasteiger partial charge in [-0.15, -0.1) is 0 Å².